The first-order valence-corrected chi connectivity index (χ1v) is 8.18. The first-order valence-electron chi connectivity index (χ1n) is 7.19. The van der Waals surface area contributed by atoms with Crippen molar-refractivity contribution >= 4 is 11.8 Å². The molecule has 0 spiro atoms. The fraction of sp³-hybridized carbons (Fsp3) is 0.625. The van der Waals surface area contributed by atoms with Crippen molar-refractivity contribution in [3.8, 4) is 0 Å². The Bertz CT molecular complexity index is 405. The van der Waals surface area contributed by atoms with Crippen LogP contribution in [0.25, 0.3) is 0 Å². The van der Waals surface area contributed by atoms with Gasteiger partial charge in [-0.05, 0) is 50.9 Å². The number of benzene rings is 1. The molecule has 1 saturated heterocycles. The van der Waals surface area contributed by atoms with Crippen LogP contribution in [0.4, 0.5) is 0 Å². The predicted octanol–water partition coefficient (Wildman–Crippen LogP) is 3.85. The molecule has 0 aromatic heterocycles. The zero-order valence-electron chi connectivity index (χ0n) is 12.2. The van der Waals surface area contributed by atoms with Crippen molar-refractivity contribution < 1.29 is 4.74 Å². The highest BCUT2D eigenvalue weighted by molar-refractivity contribution is 7.99. The van der Waals surface area contributed by atoms with Gasteiger partial charge >= 0.3 is 0 Å². The van der Waals surface area contributed by atoms with E-state index in [1.165, 1.54) is 23.3 Å². The molecule has 1 heterocycles. The summed E-state index contributed by atoms with van der Waals surface area (Å²) in [7, 11) is 0. The SMILES string of the molecule is CCNCc1cccc(SCC2CCC(C)(C)O2)c1. The Labute approximate surface area is 121 Å². The van der Waals surface area contributed by atoms with E-state index in [4.69, 9.17) is 4.74 Å². The molecule has 2 rings (SSSR count). The average molecular weight is 279 g/mol. The number of nitrogens with one attached hydrogen (secondary N) is 1. The number of rotatable bonds is 6. The van der Waals surface area contributed by atoms with E-state index in [1.807, 2.05) is 11.8 Å². The van der Waals surface area contributed by atoms with Gasteiger partial charge in [0.2, 0.25) is 0 Å². The molecule has 1 aliphatic rings. The Morgan fingerprint density at radius 3 is 2.95 bits per heavy atom. The van der Waals surface area contributed by atoms with Gasteiger partial charge in [0.25, 0.3) is 0 Å². The maximum absolute atomic E-state index is 6.03. The minimum atomic E-state index is 0.0815. The fourth-order valence-corrected chi connectivity index (χ4v) is 3.42. The molecule has 1 fully saturated rings. The molecule has 0 radical (unpaired) electrons. The second kappa shape index (κ2) is 6.78. The van der Waals surface area contributed by atoms with Crippen molar-refractivity contribution in [3.05, 3.63) is 29.8 Å². The highest BCUT2D eigenvalue weighted by Crippen LogP contribution is 2.32. The topological polar surface area (TPSA) is 21.3 Å². The highest BCUT2D eigenvalue weighted by atomic mass is 32.2. The molecule has 0 aliphatic carbocycles. The molecule has 0 amide bonds. The molecule has 19 heavy (non-hydrogen) atoms. The quantitative estimate of drug-likeness (QED) is 0.799. The smallest absolute Gasteiger partial charge is 0.0677 e. The third kappa shape index (κ3) is 4.83. The fourth-order valence-electron chi connectivity index (χ4n) is 2.40. The van der Waals surface area contributed by atoms with Crippen LogP contribution in [0, 0.1) is 0 Å². The lowest BCUT2D eigenvalue weighted by atomic mass is 10.1. The monoisotopic (exact) mass is 279 g/mol. The normalized spacial score (nSPS) is 21.7. The molecule has 1 aromatic carbocycles. The third-order valence-corrected chi connectivity index (χ3v) is 4.59. The van der Waals surface area contributed by atoms with Crippen molar-refractivity contribution in [1.29, 1.82) is 0 Å². The molecule has 2 nitrogen and oxygen atoms in total. The predicted molar refractivity (Wildman–Crippen MR) is 82.7 cm³/mol. The second-order valence-corrected chi connectivity index (χ2v) is 6.87. The van der Waals surface area contributed by atoms with Crippen LogP contribution in [-0.2, 0) is 11.3 Å². The van der Waals surface area contributed by atoms with Crippen LogP contribution in [0.15, 0.2) is 29.2 Å². The third-order valence-electron chi connectivity index (χ3n) is 3.47. The molecular formula is C16H25NOS. The number of ether oxygens (including phenoxy) is 1. The Morgan fingerprint density at radius 2 is 2.26 bits per heavy atom. The van der Waals surface area contributed by atoms with Crippen LogP contribution in [0.3, 0.4) is 0 Å². The van der Waals surface area contributed by atoms with Gasteiger partial charge in [0.1, 0.15) is 0 Å². The molecule has 1 N–H and O–H groups in total. The molecular weight excluding hydrogens is 254 g/mol. The molecule has 1 aliphatic heterocycles. The molecule has 1 aromatic rings. The average Bonchev–Trinajstić information content (AvgIpc) is 2.74. The minimum Gasteiger partial charge on any atom is -0.371 e. The van der Waals surface area contributed by atoms with E-state index >= 15 is 0 Å². The van der Waals surface area contributed by atoms with E-state index in [0.29, 0.717) is 6.10 Å². The van der Waals surface area contributed by atoms with E-state index in [9.17, 15) is 0 Å². The number of hydrogen-bond donors (Lipinski definition) is 1. The van der Waals surface area contributed by atoms with Crippen LogP contribution >= 0.6 is 11.8 Å². The van der Waals surface area contributed by atoms with Crippen molar-refractivity contribution in [2.75, 3.05) is 12.3 Å². The zero-order valence-corrected chi connectivity index (χ0v) is 13.1. The maximum atomic E-state index is 6.03. The molecule has 3 heteroatoms. The largest absolute Gasteiger partial charge is 0.371 e. The number of thioether (sulfide) groups is 1. The Morgan fingerprint density at radius 1 is 1.42 bits per heavy atom. The van der Waals surface area contributed by atoms with Crippen LogP contribution in [0.1, 0.15) is 39.2 Å². The van der Waals surface area contributed by atoms with Crippen molar-refractivity contribution in [3.63, 3.8) is 0 Å². The first-order chi connectivity index (χ1) is 9.09. The van der Waals surface area contributed by atoms with Gasteiger partial charge < -0.3 is 10.1 Å². The van der Waals surface area contributed by atoms with Crippen molar-refractivity contribution in [2.24, 2.45) is 0 Å². The standard InChI is InChI=1S/C16H25NOS/c1-4-17-11-13-6-5-7-15(10-13)19-12-14-8-9-16(2,3)18-14/h5-7,10,14,17H,4,8-9,11-12H2,1-3H3. The van der Waals surface area contributed by atoms with Gasteiger partial charge in [-0.1, -0.05) is 19.1 Å². The van der Waals surface area contributed by atoms with Crippen LogP contribution in [0.5, 0.6) is 0 Å². The van der Waals surface area contributed by atoms with Crippen molar-refractivity contribution in [2.45, 2.75) is 56.8 Å². The van der Waals surface area contributed by atoms with Gasteiger partial charge in [-0.15, -0.1) is 11.8 Å². The Kier molecular flexibility index (Phi) is 5.31. The van der Waals surface area contributed by atoms with E-state index in [-0.39, 0.29) is 5.60 Å². The molecule has 1 atom stereocenters. The van der Waals surface area contributed by atoms with Gasteiger partial charge in [0.05, 0.1) is 11.7 Å². The van der Waals surface area contributed by atoms with Crippen LogP contribution < -0.4 is 5.32 Å². The molecule has 0 saturated carbocycles. The number of hydrogen-bond acceptors (Lipinski definition) is 3. The zero-order chi connectivity index (χ0) is 13.7. The summed E-state index contributed by atoms with van der Waals surface area (Å²) in [6.45, 7) is 8.49. The van der Waals surface area contributed by atoms with E-state index in [2.05, 4.69) is 50.4 Å². The maximum Gasteiger partial charge on any atom is 0.0677 e. The molecule has 1 unspecified atom stereocenters. The summed E-state index contributed by atoms with van der Waals surface area (Å²) >= 11 is 1.91. The summed E-state index contributed by atoms with van der Waals surface area (Å²) < 4.78 is 6.03. The van der Waals surface area contributed by atoms with Gasteiger partial charge in [0.15, 0.2) is 0 Å². The summed E-state index contributed by atoms with van der Waals surface area (Å²) in [5.41, 5.74) is 1.44. The lowest BCUT2D eigenvalue weighted by molar-refractivity contribution is -0.00466. The van der Waals surface area contributed by atoms with E-state index in [1.54, 1.807) is 0 Å². The van der Waals surface area contributed by atoms with Gasteiger partial charge in [-0.2, -0.15) is 0 Å². The summed E-state index contributed by atoms with van der Waals surface area (Å²) in [5.74, 6) is 1.06. The summed E-state index contributed by atoms with van der Waals surface area (Å²) in [6.07, 6.45) is 2.79. The summed E-state index contributed by atoms with van der Waals surface area (Å²) in [4.78, 5) is 1.35. The van der Waals surface area contributed by atoms with E-state index < -0.39 is 0 Å². The van der Waals surface area contributed by atoms with Gasteiger partial charge in [-0.25, -0.2) is 0 Å². The summed E-state index contributed by atoms with van der Waals surface area (Å²) in [6, 6.07) is 8.81. The first kappa shape index (κ1) is 14.9. The lowest BCUT2D eigenvalue weighted by Gasteiger charge is -2.19. The Balaban J connectivity index is 1.82. The summed E-state index contributed by atoms with van der Waals surface area (Å²) in [5, 5.41) is 3.37. The Hall–Kier alpha value is -0.510. The molecule has 0 bridgehead atoms. The molecule has 106 valence electrons. The van der Waals surface area contributed by atoms with E-state index in [0.717, 1.165) is 18.8 Å². The second-order valence-electron chi connectivity index (χ2n) is 5.78. The lowest BCUT2D eigenvalue weighted by Crippen LogP contribution is -2.21. The van der Waals surface area contributed by atoms with Crippen LogP contribution in [0.2, 0.25) is 0 Å². The van der Waals surface area contributed by atoms with Crippen LogP contribution in [-0.4, -0.2) is 24.0 Å². The van der Waals surface area contributed by atoms with Gasteiger partial charge in [-0.3, -0.25) is 0 Å². The highest BCUT2D eigenvalue weighted by Gasteiger charge is 2.31. The minimum absolute atomic E-state index is 0.0815. The van der Waals surface area contributed by atoms with Crippen molar-refractivity contribution in [1.82, 2.24) is 5.32 Å². The van der Waals surface area contributed by atoms with Gasteiger partial charge in [0, 0.05) is 17.2 Å².